The summed E-state index contributed by atoms with van der Waals surface area (Å²) in [5.74, 6) is 0.900. The van der Waals surface area contributed by atoms with Gasteiger partial charge in [0.05, 0.1) is 6.07 Å². The molecule has 0 aliphatic rings. The van der Waals surface area contributed by atoms with Crippen LogP contribution >= 0.6 is 15.9 Å². The number of rotatable bonds is 1. The summed E-state index contributed by atoms with van der Waals surface area (Å²) in [6.45, 7) is 2.02. The van der Waals surface area contributed by atoms with Crippen LogP contribution in [0.1, 0.15) is 5.69 Å². The highest BCUT2D eigenvalue weighted by atomic mass is 79.9. The molecule has 1 aromatic carbocycles. The fraction of sp³-hybridized carbons (Fsp3) is 0.182. The molecule has 0 radical (unpaired) electrons. The van der Waals surface area contributed by atoms with Gasteiger partial charge >= 0.3 is 0 Å². The van der Waals surface area contributed by atoms with Crippen molar-refractivity contribution in [2.24, 2.45) is 7.05 Å². The Balaban J connectivity index is 2.44. The first-order valence-electron chi connectivity index (χ1n) is 4.40. The predicted octanol–water partition coefficient (Wildman–Crippen LogP) is 2.84. The second kappa shape index (κ2) is 3.58. The molecule has 0 unspecified atom stereocenters. The second-order valence-corrected chi connectivity index (χ2v) is 4.16. The number of hydrogen-bond acceptors (Lipinski definition) is 1. The average molecular weight is 253 g/mol. The number of hydrogen-bond donors (Lipinski definition) is 0. The van der Waals surface area contributed by atoms with Crippen LogP contribution in [0, 0.1) is 6.92 Å². The molecule has 1 heterocycles. The first-order valence-corrected chi connectivity index (χ1v) is 5.19. The van der Waals surface area contributed by atoms with E-state index in [9.17, 15) is 0 Å². The number of nitrogens with zero attached hydrogens (tertiary/aromatic N) is 1. The molecule has 3 heteroatoms. The van der Waals surface area contributed by atoms with Gasteiger partial charge in [-0.2, -0.15) is 0 Å². The Bertz CT molecular complexity index is 425. The number of benzene rings is 1. The van der Waals surface area contributed by atoms with Crippen LogP contribution in [0.5, 0.6) is 0 Å². The molecule has 0 fully saturated rings. The predicted molar refractivity (Wildman–Crippen MR) is 57.8 cm³/mol. The van der Waals surface area contributed by atoms with E-state index < -0.39 is 0 Å². The normalized spacial score (nSPS) is 10.5. The molecular formula is C11H11BrNO+. The molecule has 1 aromatic heterocycles. The van der Waals surface area contributed by atoms with Crippen LogP contribution in [0.4, 0.5) is 0 Å². The molecule has 2 rings (SSSR count). The lowest BCUT2D eigenvalue weighted by Crippen LogP contribution is -2.27. The average Bonchev–Trinajstić information content (AvgIpc) is 2.48. The van der Waals surface area contributed by atoms with E-state index >= 15 is 0 Å². The number of aromatic nitrogens is 1. The van der Waals surface area contributed by atoms with E-state index in [4.69, 9.17) is 4.52 Å². The molecule has 0 atom stereocenters. The maximum Gasteiger partial charge on any atom is 0.228 e. The molecule has 0 spiro atoms. The summed E-state index contributed by atoms with van der Waals surface area (Å²) in [4.78, 5) is 0. The van der Waals surface area contributed by atoms with Crippen molar-refractivity contribution in [1.29, 1.82) is 0 Å². The minimum Gasteiger partial charge on any atom is -0.236 e. The maximum atomic E-state index is 5.54. The first-order chi connectivity index (χ1) is 6.66. The topological polar surface area (TPSA) is 17.0 Å². The zero-order valence-electron chi connectivity index (χ0n) is 8.12. The van der Waals surface area contributed by atoms with Gasteiger partial charge in [0.15, 0.2) is 7.05 Å². The maximum absolute atomic E-state index is 5.54. The van der Waals surface area contributed by atoms with Gasteiger partial charge in [0, 0.05) is 17.0 Å². The zero-order chi connectivity index (χ0) is 10.1. The van der Waals surface area contributed by atoms with Crippen LogP contribution in [0.15, 0.2) is 39.3 Å². The fourth-order valence-corrected chi connectivity index (χ4v) is 1.54. The highest BCUT2D eigenvalue weighted by Crippen LogP contribution is 2.21. The Kier molecular flexibility index (Phi) is 2.42. The van der Waals surface area contributed by atoms with Gasteiger partial charge in [0.1, 0.15) is 0 Å². The fourth-order valence-electron chi connectivity index (χ4n) is 1.28. The molecule has 0 saturated carbocycles. The van der Waals surface area contributed by atoms with Crippen molar-refractivity contribution in [3.05, 3.63) is 40.5 Å². The summed E-state index contributed by atoms with van der Waals surface area (Å²) < 4.78 is 8.38. The summed E-state index contributed by atoms with van der Waals surface area (Å²) in [7, 11) is 1.90. The van der Waals surface area contributed by atoms with Gasteiger partial charge in [-0.05, 0) is 29.0 Å². The molecule has 14 heavy (non-hydrogen) atoms. The van der Waals surface area contributed by atoms with E-state index in [0.29, 0.717) is 0 Å². The van der Waals surface area contributed by atoms with Crippen molar-refractivity contribution in [2.75, 3.05) is 0 Å². The van der Waals surface area contributed by atoms with Crippen molar-refractivity contribution >= 4 is 15.9 Å². The van der Waals surface area contributed by atoms with E-state index in [-0.39, 0.29) is 0 Å². The lowest BCUT2D eigenvalue weighted by Gasteiger charge is -1.92. The smallest absolute Gasteiger partial charge is 0.228 e. The van der Waals surface area contributed by atoms with Crippen LogP contribution in [0.25, 0.3) is 11.3 Å². The molecule has 0 amide bonds. The highest BCUT2D eigenvalue weighted by molar-refractivity contribution is 9.10. The summed E-state index contributed by atoms with van der Waals surface area (Å²) in [5.41, 5.74) is 2.21. The van der Waals surface area contributed by atoms with Gasteiger partial charge < -0.3 is 0 Å². The monoisotopic (exact) mass is 252 g/mol. The SMILES string of the molecule is Cc1cc(-c2ccc(Br)cc2)o[n+]1C. The largest absolute Gasteiger partial charge is 0.236 e. The number of aryl methyl sites for hydroxylation is 2. The minimum absolute atomic E-state index is 0.900. The lowest BCUT2D eigenvalue weighted by molar-refractivity contribution is -0.847. The van der Waals surface area contributed by atoms with Gasteiger partial charge in [-0.1, -0.05) is 15.9 Å². The zero-order valence-corrected chi connectivity index (χ0v) is 9.71. The third-order valence-corrected chi connectivity index (χ3v) is 2.73. The van der Waals surface area contributed by atoms with Crippen molar-refractivity contribution in [3.63, 3.8) is 0 Å². The van der Waals surface area contributed by atoms with Crippen LogP contribution in [-0.4, -0.2) is 0 Å². The Morgan fingerprint density at radius 2 is 1.86 bits per heavy atom. The van der Waals surface area contributed by atoms with Gasteiger partial charge in [-0.25, -0.2) is 4.52 Å². The van der Waals surface area contributed by atoms with Crippen molar-refractivity contribution < 1.29 is 9.26 Å². The molecule has 0 aliphatic heterocycles. The Morgan fingerprint density at radius 1 is 1.21 bits per heavy atom. The van der Waals surface area contributed by atoms with Gasteiger partial charge in [-0.3, -0.25) is 0 Å². The first kappa shape index (κ1) is 9.46. The highest BCUT2D eigenvalue weighted by Gasteiger charge is 2.12. The molecule has 0 N–H and O–H groups in total. The van der Waals surface area contributed by atoms with Crippen LogP contribution in [0.3, 0.4) is 0 Å². The van der Waals surface area contributed by atoms with Gasteiger partial charge in [0.25, 0.3) is 0 Å². The second-order valence-electron chi connectivity index (χ2n) is 3.25. The molecule has 72 valence electrons. The quantitative estimate of drug-likeness (QED) is 0.714. The lowest BCUT2D eigenvalue weighted by atomic mass is 10.2. The standard InChI is InChI=1S/C11H11BrNO/c1-8-7-11(14-13(8)2)9-3-5-10(12)6-4-9/h3-7H,1-2H3/q+1. The summed E-state index contributed by atoms with van der Waals surface area (Å²) in [6, 6.07) is 10.1. The Hall–Kier alpha value is -1.09. The van der Waals surface area contributed by atoms with Crippen LogP contribution in [-0.2, 0) is 7.05 Å². The molecule has 0 saturated heterocycles. The number of halogens is 1. The van der Waals surface area contributed by atoms with E-state index in [2.05, 4.69) is 15.9 Å². The molecule has 2 aromatic rings. The van der Waals surface area contributed by atoms with E-state index in [1.165, 1.54) is 0 Å². The van der Waals surface area contributed by atoms with Crippen LogP contribution < -0.4 is 4.74 Å². The van der Waals surface area contributed by atoms with Crippen molar-refractivity contribution in [1.82, 2.24) is 0 Å². The molecule has 2 nitrogen and oxygen atoms in total. The Morgan fingerprint density at radius 3 is 2.36 bits per heavy atom. The van der Waals surface area contributed by atoms with Gasteiger partial charge in [-0.15, -0.1) is 0 Å². The van der Waals surface area contributed by atoms with E-state index in [1.54, 1.807) is 4.74 Å². The van der Waals surface area contributed by atoms with Crippen molar-refractivity contribution in [2.45, 2.75) is 6.92 Å². The summed E-state index contributed by atoms with van der Waals surface area (Å²) in [6.07, 6.45) is 0. The molecule has 0 aliphatic carbocycles. The van der Waals surface area contributed by atoms with E-state index in [1.807, 2.05) is 44.3 Å². The third kappa shape index (κ3) is 1.73. The van der Waals surface area contributed by atoms with Gasteiger partial charge in [0.2, 0.25) is 11.5 Å². The van der Waals surface area contributed by atoms with E-state index in [0.717, 1.165) is 21.5 Å². The molecular weight excluding hydrogens is 242 g/mol. The summed E-state index contributed by atoms with van der Waals surface area (Å²) in [5, 5.41) is 0. The van der Waals surface area contributed by atoms with Crippen molar-refractivity contribution in [3.8, 4) is 11.3 Å². The van der Waals surface area contributed by atoms with Crippen LogP contribution in [0.2, 0.25) is 0 Å². The third-order valence-electron chi connectivity index (χ3n) is 2.20. The molecule has 0 bridgehead atoms. The Labute approximate surface area is 91.3 Å². The summed E-state index contributed by atoms with van der Waals surface area (Å²) >= 11 is 3.40. The minimum atomic E-state index is 0.900.